The van der Waals surface area contributed by atoms with Gasteiger partial charge in [0.15, 0.2) is 0 Å². The van der Waals surface area contributed by atoms with Crippen molar-refractivity contribution in [1.29, 1.82) is 0 Å². The summed E-state index contributed by atoms with van der Waals surface area (Å²) in [7, 11) is 0. The molecule has 0 atom stereocenters. The Labute approximate surface area is 286 Å². The second kappa shape index (κ2) is 14.5. The van der Waals surface area contributed by atoms with Crippen molar-refractivity contribution in [2.45, 2.75) is 41.5 Å². The van der Waals surface area contributed by atoms with Gasteiger partial charge in [0.1, 0.15) is 0 Å². The van der Waals surface area contributed by atoms with Crippen LogP contribution in [0.15, 0.2) is 71.4 Å². The summed E-state index contributed by atoms with van der Waals surface area (Å²) in [6.45, 7) is 14.0. The lowest BCUT2D eigenvalue weighted by molar-refractivity contribution is 0.503. The van der Waals surface area contributed by atoms with Gasteiger partial charge in [-0.2, -0.15) is 0 Å². The van der Waals surface area contributed by atoms with Crippen LogP contribution in [-0.4, -0.2) is 25.0 Å². The number of thioether (sulfide) groups is 12. The highest BCUT2D eigenvalue weighted by Gasteiger charge is 2.33. The molecule has 39 heavy (non-hydrogen) atoms. The first-order chi connectivity index (χ1) is 18.4. The normalized spacial score (nSPS) is 20.5. The van der Waals surface area contributed by atoms with Crippen LogP contribution in [0, 0.1) is 10.8 Å². The molecule has 4 rings (SSSR count). The molecule has 0 unspecified atom stereocenters. The highest BCUT2D eigenvalue weighted by Crippen LogP contribution is 2.64. The molecular weight excluding hydrogens is 709 g/mol. The Kier molecular flexibility index (Phi) is 12.7. The summed E-state index contributed by atoms with van der Waals surface area (Å²) >= 11 is 22.9. The highest BCUT2D eigenvalue weighted by atomic mass is 32.3. The molecule has 0 spiro atoms. The van der Waals surface area contributed by atoms with Crippen LogP contribution >= 0.6 is 141 Å². The largest absolute Gasteiger partial charge is 0.121 e. The maximum atomic E-state index is 4.04. The average molecular weight is 741 g/mol. The van der Waals surface area contributed by atoms with Crippen molar-refractivity contribution in [3.05, 3.63) is 71.4 Å². The van der Waals surface area contributed by atoms with Gasteiger partial charge in [-0.15, -0.1) is 52.8 Å². The fraction of sp³-hybridized carbons (Fsp3) is 0.444. The van der Waals surface area contributed by atoms with E-state index in [0.29, 0.717) is 0 Å². The summed E-state index contributed by atoms with van der Waals surface area (Å²) in [5.41, 5.74) is 6.63. The number of hydrogen-bond donors (Lipinski definition) is 0. The predicted molar refractivity (Wildman–Crippen MR) is 209 cm³/mol. The number of hydrogen-bond acceptors (Lipinski definition) is 12. The topological polar surface area (TPSA) is 0 Å². The zero-order valence-corrected chi connectivity index (χ0v) is 33.4. The van der Waals surface area contributed by atoms with Crippen molar-refractivity contribution in [3.63, 3.8) is 0 Å². The SMILES string of the molecule is CSC1=C(SC)SC(=C2SC=C(C(=C=C(C3=CSC(=C4SC(SC)=C(SC)S4)S3)C(C)(C)C)C(C)(C)C)S2)S1. The molecule has 212 valence electrons. The predicted octanol–water partition coefficient (Wildman–Crippen LogP) is 14.1. The Balaban J connectivity index is 1.67. The monoisotopic (exact) mass is 740 g/mol. The summed E-state index contributed by atoms with van der Waals surface area (Å²) in [6, 6.07) is 0. The van der Waals surface area contributed by atoms with Gasteiger partial charge < -0.3 is 0 Å². The molecule has 0 aromatic heterocycles. The fourth-order valence-electron chi connectivity index (χ4n) is 3.48. The molecule has 12 heteroatoms. The van der Waals surface area contributed by atoms with E-state index in [2.05, 4.69) is 83.1 Å². The Morgan fingerprint density at radius 2 is 0.821 bits per heavy atom. The number of rotatable bonds is 6. The third-order valence-corrected chi connectivity index (χ3v) is 21.6. The van der Waals surface area contributed by atoms with Crippen molar-refractivity contribution in [1.82, 2.24) is 0 Å². The van der Waals surface area contributed by atoms with Gasteiger partial charge in [-0.1, -0.05) is 136 Å². The molecule has 0 saturated carbocycles. The van der Waals surface area contributed by atoms with Gasteiger partial charge >= 0.3 is 0 Å². The van der Waals surface area contributed by atoms with E-state index in [1.807, 2.05) is 141 Å². The van der Waals surface area contributed by atoms with Crippen LogP contribution < -0.4 is 0 Å². The molecular formula is C27H32S12. The van der Waals surface area contributed by atoms with E-state index in [1.54, 1.807) is 0 Å². The van der Waals surface area contributed by atoms with E-state index in [1.165, 1.54) is 54.9 Å². The van der Waals surface area contributed by atoms with Crippen LogP contribution in [0.1, 0.15) is 41.5 Å². The molecule has 0 saturated heterocycles. The molecule has 0 aromatic rings. The number of allylic oxidation sites excluding steroid dienone is 2. The second-order valence-corrected chi connectivity index (χ2v) is 23.6. The smallest absolute Gasteiger partial charge is 0.0717 e. The molecule has 0 N–H and O–H groups in total. The lowest BCUT2D eigenvalue weighted by Crippen LogP contribution is -2.13. The van der Waals surface area contributed by atoms with Crippen LogP contribution in [0.3, 0.4) is 0 Å². The van der Waals surface area contributed by atoms with Crippen molar-refractivity contribution >= 4 is 141 Å². The molecule has 0 radical (unpaired) electrons. The van der Waals surface area contributed by atoms with Crippen LogP contribution in [0.25, 0.3) is 0 Å². The average Bonchev–Trinajstić information content (AvgIpc) is 3.67. The summed E-state index contributed by atoms with van der Waals surface area (Å²) in [6.07, 6.45) is 8.74. The molecule has 0 fully saturated rings. The van der Waals surface area contributed by atoms with Crippen molar-refractivity contribution in [3.8, 4) is 0 Å². The van der Waals surface area contributed by atoms with Crippen molar-refractivity contribution in [2.75, 3.05) is 25.0 Å². The Hall–Kier alpha value is 2.16. The van der Waals surface area contributed by atoms with Gasteiger partial charge in [-0.05, 0) is 46.7 Å². The maximum Gasteiger partial charge on any atom is 0.0717 e. The molecule has 0 bridgehead atoms. The maximum absolute atomic E-state index is 4.04. The van der Waals surface area contributed by atoms with Gasteiger partial charge in [-0.25, -0.2) is 0 Å². The van der Waals surface area contributed by atoms with E-state index in [4.69, 9.17) is 0 Å². The Bertz CT molecular complexity index is 1150. The molecule has 4 aliphatic rings. The van der Waals surface area contributed by atoms with Gasteiger partial charge in [0.2, 0.25) is 0 Å². The first-order valence-electron chi connectivity index (χ1n) is 11.9. The first-order valence-corrected chi connectivity index (χ1v) is 23.4. The van der Waals surface area contributed by atoms with Crippen LogP contribution in [0.2, 0.25) is 0 Å². The van der Waals surface area contributed by atoms with Gasteiger partial charge in [0.05, 0.1) is 33.9 Å². The quantitative estimate of drug-likeness (QED) is 0.238. The standard InChI is InChI=1S/C27H32S12/c1-26(2,3)14(16-12-32-22(34-16)24-36-18(28-7)19(29-8)37-24)11-15(27(4,5)6)17-13-33-23(35-17)25-38-20(30-9)21(31-10)39-25/h12-13H,1-10H3. The highest BCUT2D eigenvalue weighted by molar-refractivity contribution is 8.43. The van der Waals surface area contributed by atoms with E-state index >= 15 is 0 Å². The molecule has 0 aliphatic carbocycles. The molecule has 4 heterocycles. The zero-order valence-electron chi connectivity index (χ0n) is 23.6. The molecule has 0 aromatic carbocycles. The van der Waals surface area contributed by atoms with E-state index in [0.717, 1.165) is 0 Å². The van der Waals surface area contributed by atoms with Crippen LogP contribution in [0.4, 0.5) is 0 Å². The minimum absolute atomic E-state index is 0.0150. The lowest BCUT2D eigenvalue weighted by atomic mass is 9.82. The molecule has 4 aliphatic heterocycles. The van der Waals surface area contributed by atoms with Crippen LogP contribution in [0.5, 0.6) is 0 Å². The molecule has 0 amide bonds. The third kappa shape index (κ3) is 8.26. The zero-order chi connectivity index (χ0) is 28.5. The third-order valence-electron chi connectivity index (χ3n) is 5.34. The lowest BCUT2D eigenvalue weighted by Gasteiger charge is -2.26. The summed E-state index contributed by atoms with van der Waals surface area (Å²) in [5.74, 6) is 0. The first kappa shape index (κ1) is 34.0. The second-order valence-electron chi connectivity index (χ2n) is 10.3. The van der Waals surface area contributed by atoms with E-state index in [9.17, 15) is 0 Å². The van der Waals surface area contributed by atoms with E-state index in [-0.39, 0.29) is 10.8 Å². The van der Waals surface area contributed by atoms with Crippen molar-refractivity contribution < 1.29 is 0 Å². The van der Waals surface area contributed by atoms with Crippen molar-refractivity contribution in [2.24, 2.45) is 10.8 Å². The minimum atomic E-state index is -0.0150. The fourth-order valence-corrected chi connectivity index (χ4v) is 19.1. The Morgan fingerprint density at radius 3 is 1.08 bits per heavy atom. The van der Waals surface area contributed by atoms with E-state index < -0.39 is 0 Å². The Morgan fingerprint density at radius 1 is 0.513 bits per heavy atom. The molecule has 0 nitrogen and oxygen atoms in total. The summed E-state index contributed by atoms with van der Waals surface area (Å²) < 4.78 is 11.4. The van der Waals surface area contributed by atoms with Gasteiger partial charge in [0.25, 0.3) is 0 Å². The van der Waals surface area contributed by atoms with Crippen LogP contribution in [-0.2, 0) is 0 Å². The minimum Gasteiger partial charge on any atom is -0.121 e. The summed E-state index contributed by atoms with van der Waals surface area (Å²) in [5, 5.41) is 4.73. The summed E-state index contributed by atoms with van der Waals surface area (Å²) in [4.78, 5) is 2.69. The van der Waals surface area contributed by atoms with Gasteiger partial charge in [0, 0.05) is 21.0 Å². The van der Waals surface area contributed by atoms with Gasteiger partial charge in [-0.3, -0.25) is 0 Å².